The maximum absolute atomic E-state index is 12.3. The topological polar surface area (TPSA) is 105 Å². The summed E-state index contributed by atoms with van der Waals surface area (Å²) in [5.74, 6) is 0.940. The number of nitrogens with two attached hydrogens (primary N) is 1. The van der Waals surface area contributed by atoms with Crippen LogP contribution in [0.3, 0.4) is 0 Å². The molecule has 2 amide bonds. The number of rotatable bonds is 7. The van der Waals surface area contributed by atoms with Crippen molar-refractivity contribution < 1.29 is 4.79 Å². The van der Waals surface area contributed by atoms with Gasteiger partial charge >= 0.3 is 6.03 Å². The number of hydrogen-bond donors (Lipinski definition) is 4. The molecule has 0 aliphatic carbocycles. The Morgan fingerprint density at radius 1 is 1.00 bits per heavy atom. The predicted octanol–water partition coefficient (Wildman–Crippen LogP) is 3.73. The molecule has 2 aromatic carbocycles. The van der Waals surface area contributed by atoms with Crippen molar-refractivity contribution in [1.29, 1.82) is 0 Å². The Hall–Kier alpha value is -3.19. The van der Waals surface area contributed by atoms with Crippen molar-refractivity contribution in [2.75, 3.05) is 29.0 Å². The number of carbonyl (C=O) groups excluding carboxylic acids is 1. The zero-order valence-electron chi connectivity index (χ0n) is 15.3. The summed E-state index contributed by atoms with van der Waals surface area (Å²) >= 11 is 0. The number of anilines is 3. The summed E-state index contributed by atoms with van der Waals surface area (Å²) in [7, 11) is 0. The standard InChI is InChI=1S/C20H24N6O/c1-14-12-18(22-11-5-4-10-21)25-19(23-14)26-20(27)24-17-9-8-15-6-2-3-7-16(15)13-17/h2-3,6-9,12-13H,4-5,10-11,21H2,1H3,(H3,22,23,24,25,26,27). The number of nitrogens with zero attached hydrogens (tertiary/aromatic N) is 2. The number of nitrogens with one attached hydrogen (secondary N) is 3. The van der Waals surface area contributed by atoms with Crippen LogP contribution in [0.15, 0.2) is 48.5 Å². The lowest BCUT2D eigenvalue weighted by Gasteiger charge is -2.10. The number of amides is 2. The minimum atomic E-state index is -0.384. The van der Waals surface area contributed by atoms with Crippen molar-refractivity contribution in [3.8, 4) is 0 Å². The number of aromatic nitrogens is 2. The fourth-order valence-corrected chi connectivity index (χ4v) is 2.73. The summed E-state index contributed by atoms with van der Waals surface area (Å²) in [6, 6.07) is 15.2. The van der Waals surface area contributed by atoms with Gasteiger partial charge in [0.15, 0.2) is 0 Å². The summed E-state index contributed by atoms with van der Waals surface area (Å²) in [4.78, 5) is 20.9. The van der Waals surface area contributed by atoms with E-state index in [0.29, 0.717) is 18.1 Å². The molecule has 3 aromatic rings. The summed E-state index contributed by atoms with van der Waals surface area (Å²) in [6.45, 7) is 3.31. The Morgan fingerprint density at radius 3 is 2.63 bits per heavy atom. The van der Waals surface area contributed by atoms with Crippen LogP contribution in [-0.4, -0.2) is 29.1 Å². The summed E-state index contributed by atoms with van der Waals surface area (Å²) in [5.41, 5.74) is 6.98. The molecule has 7 heteroatoms. The first-order chi connectivity index (χ1) is 13.1. The lowest BCUT2D eigenvalue weighted by atomic mass is 10.1. The van der Waals surface area contributed by atoms with Crippen molar-refractivity contribution in [3.05, 3.63) is 54.2 Å². The number of unbranched alkanes of at least 4 members (excludes halogenated alkanes) is 1. The second-order valence-electron chi connectivity index (χ2n) is 6.28. The minimum absolute atomic E-state index is 0.259. The van der Waals surface area contributed by atoms with Crippen LogP contribution in [0.2, 0.25) is 0 Å². The Morgan fingerprint density at radius 2 is 1.81 bits per heavy atom. The van der Waals surface area contributed by atoms with Gasteiger partial charge in [-0.15, -0.1) is 0 Å². The van der Waals surface area contributed by atoms with E-state index in [2.05, 4.69) is 25.9 Å². The molecule has 0 spiro atoms. The minimum Gasteiger partial charge on any atom is -0.370 e. The third kappa shape index (κ3) is 5.39. The number of hydrogen-bond acceptors (Lipinski definition) is 5. The fraction of sp³-hybridized carbons (Fsp3) is 0.250. The predicted molar refractivity (Wildman–Crippen MR) is 110 cm³/mol. The molecule has 0 aliphatic heterocycles. The third-order valence-electron chi connectivity index (χ3n) is 4.02. The normalized spacial score (nSPS) is 10.6. The van der Waals surface area contributed by atoms with E-state index in [1.54, 1.807) is 0 Å². The van der Waals surface area contributed by atoms with Crippen molar-refractivity contribution >= 4 is 34.3 Å². The average Bonchev–Trinajstić information content (AvgIpc) is 2.64. The lowest BCUT2D eigenvalue weighted by Crippen LogP contribution is -2.21. The van der Waals surface area contributed by atoms with Crippen LogP contribution in [0.1, 0.15) is 18.5 Å². The summed E-state index contributed by atoms with van der Waals surface area (Å²) in [5, 5.41) is 10.9. The number of carbonyl (C=O) groups is 1. The number of aryl methyl sites for hydroxylation is 1. The van der Waals surface area contributed by atoms with E-state index in [4.69, 9.17) is 5.73 Å². The monoisotopic (exact) mass is 364 g/mol. The van der Waals surface area contributed by atoms with Gasteiger partial charge in [-0.25, -0.2) is 9.78 Å². The van der Waals surface area contributed by atoms with Gasteiger partial charge in [0.1, 0.15) is 5.82 Å². The zero-order chi connectivity index (χ0) is 19.1. The summed E-state index contributed by atoms with van der Waals surface area (Å²) < 4.78 is 0. The first-order valence-electron chi connectivity index (χ1n) is 9.00. The molecule has 3 rings (SSSR count). The molecule has 0 saturated carbocycles. The second kappa shape index (κ2) is 8.95. The van der Waals surface area contributed by atoms with Gasteiger partial charge in [-0.1, -0.05) is 30.3 Å². The van der Waals surface area contributed by atoms with E-state index in [1.165, 1.54) is 0 Å². The van der Waals surface area contributed by atoms with E-state index in [0.717, 1.165) is 35.9 Å². The van der Waals surface area contributed by atoms with Gasteiger partial charge in [0.25, 0.3) is 0 Å². The Balaban J connectivity index is 1.63. The van der Waals surface area contributed by atoms with Crippen LogP contribution in [0.4, 0.5) is 22.2 Å². The molecule has 1 aromatic heterocycles. The molecule has 27 heavy (non-hydrogen) atoms. The van der Waals surface area contributed by atoms with Crippen molar-refractivity contribution in [2.45, 2.75) is 19.8 Å². The van der Waals surface area contributed by atoms with Crippen molar-refractivity contribution in [1.82, 2.24) is 9.97 Å². The average molecular weight is 364 g/mol. The van der Waals surface area contributed by atoms with E-state index in [9.17, 15) is 4.79 Å². The Labute approximate surface area is 158 Å². The number of benzene rings is 2. The van der Waals surface area contributed by atoms with E-state index >= 15 is 0 Å². The van der Waals surface area contributed by atoms with Crippen LogP contribution in [0.25, 0.3) is 10.8 Å². The highest BCUT2D eigenvalue weighted by atomic mass is 16.2. The highest BCUT2D eigenvalue weighted by molar-refractivity contribution is 6.00. The van der Waals surface area contributed by atoms with Gasteiger partial charge in [-0.05, 0) is 49.2 Å². The Bertz CT molecular complexity index is 927. The first-order valence-corrected chi connectivity index (χ1v) is 9.00. The van der Waals surface area contributed by atoms with Gasteiger partial charge in [0.2, 0.25) is 5.95 Å². The van der Waals surface area contributed by atoms with Gasteiger partial charge in [0.05, 0.1) is 0 Å². The molecule has 0 unspecified atom stereocenters. The SMILES string of the molecule is Cc1cc(NCCCCN)nc(NC(=O)Nc2ccc3ccccc3c2)n1. The Kier molecular flexibility index (Phi) is 6.17. The molecular formula is C20H24N6O. The third-order valence-corrected chi connectivity index (χ3v) is 4.02. The van der Waals surface area contributed by atoms with E-state index in [-0.39, 0.29) is 12.0 Å². The fourth-order valence-electron chi connectivity index (χ4n) is 2.73. The van der Waals surface area contributed by atoms with Gasteiger partial charge in [-0.3, -0.25) is 5.32 Å². The van der Waals surface area contributed by atoms with Crippen molar-refractivity contribution in [2.24, 2.45) is 5.73 Å². The molecule has 0 radical (unpaired) electrons. The molecule has 1 heterocycles. The molecule has 0 aliphatic rings. The van der Waals surface area contributed by atoms with E-state index < -0.39 is 0 Å². The second-order valence-corrected chi connectivity index (χ2v) is 6.28. The quantitative estimate of drug-likeness (QED) is 0.478. The molecule has 7 nitrogen and oxygen atoms in total. The maximum atomic E-state index is 12.3. The van der Waals surface area contributed by atoms with Crippen LogP contribution in [0.5, 0.6) is 0 Å². The highest BCUT2D eigenvalue weighted by Crippen LogP contribution is 2.19. The van der Waals surface area contributed by atoms with Crippen LogP contribution >= 0.6 is 0 Å². The molecule has 140 valence electrons. The molecule has 0 atom stereocenters. The van der Waals surface area contributed by atoms with Crippen molar-refractivity contribution in [3.63, 3.8) is 0 Å². The van der Waals surface area contributed by atoms with Gasteiger partial charge in [-0.2, -0.15) is 4.98 Å². The largest absolute Gasteiger partial charge is 0.370 e. The highest BCUT2D eigenvalue weighted by Gasteiger charge is 2.08. The van der Waals surface area contributed by atoms with Crippen LogP contribution in [-0.2, 0) is 0 Å². The lowest BCUT2D eigenvalue weighted by molar-refractivity contribution is 0.262. The molecule has 0 saturated heterocycles. The first kappa shape index (κ1) is 18.6. The smallest absolute Gasteiger partial charge is 0.326 e. The number of fused-ring (bicyclic) bond motifs is 1. The van der Waals surface area contributed by atoms with E-state index in [1.807, 2.05) is 55.5 Å². The van der Waals surface area contributed by atoms with Gasteiger partial charge in [0, 0.05) is 24.0 Å². The summed E-state index contributed by atoms with van der Waals surface area (Å²) in [6.07, 6.45) is 1.92. The van der Waals surface area contributed by atoms with Gasteiger partial charge < -0.3 is 16.4 Å². The van der Waals surface area contributed by atoms with Crippen LogP contribution in [0, 0.1) is 6.92 Å². The zero-order valence-corrected chi connectivity index (χ0v) is 15.3. The molecular weight excluding hydrogens is 340 g/mol. The molecule has 0 bridgehead atoms. The van der Waals surface area contributed by atoms with Crippen LogP contribution < -0.4 is 21.7 Å². The molecule has 5 N–H and O–H groups in total. The maximum Gasteiger partial charge on any atom is 0.326 e. The number of urea groups is 1. The molecule has 0 fully saturated rings.